The van der Waals surface area contributed by atoms with Crippen molar-refractivity contribution in [1.29, 1.82) is 0 Å². The van der Waals surface area contributed by atoms with Gasteiger partial charge >= 0.3 is 0 Å². The smallest absolute Gasteiger partial charge is 0.168 e. The number of rotatable bonds is 6. The lowest BCUT2D eigenvalue weighted by Crippen LogP contribution is -2.26. The zero-order valence-electron chi connectivity index (χ0n) is 10.2. The van der Waals surface area contributed by atoms with Crippen LogP contribution < -0.4 is 4.74 Å². The van der Waals surface area contributed by atoms with Crippen LogP contribution in [-0.2, 0) is 0 Å². The van der Waals surface area contributed by atoms with Crippen LogP contribution in [0.4, 0.5) is 4.39 Å². The van der Waals surface area contributed by atoms with Gasteiger partial charge in [-0.2, -0.15) is 0 Å². The Morgan fingerprint density at radius 1 is 1.56 bits per heavy atom. The molecule has 4 nitrogen and oxygen atoms in total. The Bertz CT molecular complexity index is 383. The maximum Gasteiger partial charge on any atom is 0.168 e. The van der Waals surface area contributed by atoms with Crippen LogP contribution in [0.5, 0.6) is 5.75 Å². The predicted octanol–water partition coefficient (Wildman–Crippen LogP) is 1.71. The summed E-state index contributed by atoms with van der Waals surface area (Å²) in [6, 6.07) is 3.39. The van der Waals surface area contributed by atoms with Gasteiger partial charge < -0.3 is 4.74 Å². The van der Waals surface area contributed by atoms with Gasteiger partial charge in [0.2, 0.25) is 0 Å². The van der Waals surface area contributed by atoms with Gasteiger partial charge in [-0.3, -0.25) is 14.1 Å². The second-order valence-electron chi connectivity index (χ2n) is 4.41. The fraction of sp³-hybridized carbons (Fsp3) is 0.538. The minimum Gasteiger partial charge on any atom is -0.487 e. The van der Waals surface area contributed by atoms with E-state index in [9.17, 15) is 9.18 Å². The molecule has 0 radical (unpaired) electrons. The lowest BCUT2D eigenvalue weighted by molar-refractivity contribution is 0.111. The molecule has 0 saturated carbocycles. The number of nitrogens with zero attached hydrogens (tertiary/aromatic N) is 2. The summed E-state index contributed by atoms with van der Waals surface area (Å²) in [5.41, 5.74) is 0.401. The number of hydrogen-bond donors (Lipinski definition) is 0. The maximum absolute atomic E-state index is 12.1. The van der Waals surface area contributed by atoms with E-state index in [4.69, 9.17) is 4.74 Å². The SMILES string of the molecule is O=Cc1ccc(O[C@H]2CCN(CCCF)C2)cn1. The van der Waals surface area contributed by atoms with Crippen molar-refractivity contribution in [2.45, 2.75) is 18.9 Å². The molecule has 1 aliphatic heterocycles. The number of aldehydes is 1. The Hall–Kier alpha value is -1.49. The quantitative estimate of drug-likeness (QED) is 0.723. The van der Waals surface area contributed by atoms with Gasteiger partial charge in [0, 0.05) is 19.6 Å². The van der Waals surface area contributed by atoms with Gasteiger partial charge in [-0.25, -0.2) is 4.98 Å². The van der Waals surface area contributed by atoms with Crippen molar-refractivity contribution >= 4 is 6.29 Å². The zero-order chi connectivity index (χ0) is 12.8. The van der Waals surface area contributed by atoms with E-state index in [1.165, 1.54) is 0 Å². The molecule has 0 unspecified atom stereocenters. The highest BCUT2D eigenvalue weighted by Crippen LogP contribution is 2.17. The molecule has 98 valence electrons. The third-order valence-corrected chi connectivity index (χ3v) is 3.02. The molecule has 1 fully saturated rings. The first-order valence-electron chi connectivity index (χ1n) is 6.18. The summed E-state index contributed by atoms with van der Waals surface area (Å²) < 4.78 is 17.8. The number of hydrogen-bond acceptors (Lipinski definition) is 4. The zero-order valence-corrected chi connectivity index (χ0v) is 10.2. The summed E-state index contributed by atoms with van der Waals surface area (Å²) >= 11 is 0. The second kappa shape index (κ2) is 6.44. The fourth-order valence-electron chi connectivity index (χ4n) is 2.10. The second-order valence-corrected chi connectivity index (χ2v) is 4.41. The van der Waals surface area contributed by atoms with E-state index in [2.05, 4.69) is 9.88 Å². The Morgan fingerprint density at radius 2 is 2.44 bits per heavy atom. The van der Waals surface area contributed by atoms with Crippen molar-refractivity contribution in [3.8, 4) is 5.75 Å². The van der Waals surface area contributed by atoms with E-state index in [1.54, 1.807) is 18.3 Å². The molecule has 0 bridgehead atoms. The average molecular weight is 252 g/mol. The Balaban J connectivity index is 1.81. The summed E-state index contributed by atoms with van der Waals surface area (Å²) in [6.07, 6.45) is 3.93. The predicted molar refractivity (Wildman–Crippen MR) is 65.7 cm³/mol. The first-order chi connectivity index (χ1) is 8.81. The van der Waals surface area contributed by atoms with Gasteiger partial charge in [-0.05, 0) is 25.0 Å². The molecule has 5 heteroatoms. The minimum atomic E-state index is -0.265. The molecule has 0 aromatic carbocycles. The first-order valence-corrected chi connectivity index (χ1v) is 6.18. The molecule has 2 rings (SSSR count). The monoisotopic (exact) mass is 252 g/mol. The molecule has 1 aromatic rings. The van der Waals surface area contributed by atoms with Gasteiger partial charge in [0.15, 0.2) is 6.29 Å². The van der Waals surface area contributed by atoms with Gasteiger partial charge in [-0.1, -0.05) is 0 Å². The van der Waals surface area contributed by atoms with E-state index in [-0.39, 0.29) is 12.8 Å². The van der Waals surface area contributed by atoms with Crippen LogP contribution in [-0.4, -0.2) is 48.6 Å². The third-order valence-electron chi connectivity index (χ3n) is 3.02. The number of pyridine rings is 1. The average Bonchev–Trinajstić information content (AvgIpc) is 2.85. The minimum absolute atomic E-state index is 0.133. The van der Waals surface area contributed by atoms with Crippen molar-refractivity contribution < 1.29 is 13.9 Å². The van der Waals surface area contributed by atoms with Gasteiger partial charge in [0.1, 0.15) is 17.5 Å². The van der Waals surface area contributed by atoms with Gasteiger partial charge in [0.05, 0.1) is 12.9 Å². The summed E-state index contributed by atoms with van der Waals surface area (Å²) in [6.45, 7) is 2.30. The highest BCUT2D eigenvalue weighted by Gasteiger charge is 2.23. The van der Waals surface area contributed by atoms with E-state index in [0.717, 1.165) is 26.1 Å². The number of aromatic nitrogens is 1. The largest absolute Gasteiger partial charge is 0.487 e. The first kappa shape index (κ1) is 13.0. The number of likely N-dealkylation sites (tertiary alicyclic amines) is 1. The van der Waals surface area contributed by atoms with Crippen LogP contribution in [0.3, 0.4) is 0 Å². The molecule has 0 N–H and O–H groups in total. The van der Waals surface area contributed by atoms with Gasteiger partial charge in [0.25, 0.3) is 0 Å². The standard InChI is InChI=1S/C13H17FN2O2/c14-5-1-6-16-7-4-13(9-16)18-12-3-2-11(10-17)15-8-12/h2-3,8,10,13H,1,4-7,9H2/t13-/m0/s1. The molecule has 2 heterocycles. The summed E-state index contributed by atoms with van der Waals surface area (Å²) in [5, 5.41) is 0. The molecule has 0 aliphatic carbocycles. The van der Waals surface area contributed by atoms with E-state index in [0.29, 0.717) is 24.2 Å². The Kier molecular flexibility index (Phi) is 4.64. The van der Waals surface area contributed by atoms with E-state index < -0.39 is 0 Å². The summed E-state index contributed by atoms with van der Waals surface area (Å²) in [4.78, 5) is 16.6. The maximum atomic E-state index is 12.1. The molecule has 1 aromatic heterocycles. The summed E-state index contributed by atoms with van der Waals surface area (Å²) in [7, 11) is 0. The molecule has 0 spiro atoms. The Labute approximate surface area is 106 Å². The topological polar surface area (TPSA) is 42.4 Å². The lowest BCUT2D eigenvalue weighted by atomic mass is 10.3. The number of carbonyl (C=O) groups excluding carboxylic acids is 1. The fourth-order valence-corrected chi connectivity index (χ4v) is 2.10. The molecular weight excluding hydrogens is 235 g/mol. The Morgan fingerprint density at radius 3 is 3.11 bits per heavy atom. The summed E-state index contributed by atoms with van der Waals surface area (Å²) in [5.74, 6) is 0.679. The van der Waals surface area contributed by atoms with Crippen LogP contribution in [0.15, 0.2) is 18.3 Å². The van der Waals surface area contributed by atoms with E-state index >= 15 is 0 Å². The normalized spacial score (nSPS) is 19.9. The molecule has 1 aliphatic rings. The van der Waals surface area contributed by atoms with Crippen molar-refractivity contribution in [3.05, 3.63) is 24.0 Å². The lowest BCUT2D eigenvalue weighted by Gasteiger charge is -2.16. The molecular formula is C13H17FN2O2. The van der Waals surface area contributed by atoms with Gasteiger partial charge in [-0.15, -0.1) is 0 Å². The van der Waals surface area contributed by atoms with Crippen molar-refractivity contribution in [2.75, 3.05) is 26.3 Å². The highest BCUT2D eigenvalue weighted by molar-refractivity contribution is 5.71. The van der Waals surface area contributed by atoms with Crippen LogP contribution in [0, 0.1) is 0 Å². The number of carbonyl (C=O) groups is 1. The number of ether oxygens (including phenoxy) is 1. The number of halogens is 1. The molecule has 0 amide bonds. The van der Waals surface area contributed by atoms with Crippen LogP contribution in [0.1, 0.15) is 23.3 Å². The van der Waals surface area contributed by atoms with Crippen molar-refractivity contribution in [2.24, 2.45) is 0 Å². The molecule has 1 atom stereocenters. The van der Waals surface area contributed by atoms with Crippen molar-refractivity contribution in [1.82, 2.24) is 9.88 Å². The third kappa shape index (κ3) is 3.50. The van der Waals surface area contributed by atoms with Crippen LogP contribution >= 0.6 is 0 Å². The molecule has 1 saturated heterocycles. The number of alkyl halides is 1. The highest BCUT2D eigenvalue weighted by atomic mass is 19.1. The molecule has 18 heavy (non-hydrogen) atoms. The van der Waals surface area contributed by atoms with Crippen LogP contribution in [0.2, 0.25) is 0 Å². The van der Waals surface area contributed by atoms with E-state index in [1.807, 2.05) is 0 Å². The van der Waals surface area contributed by atoms with Crippen molar-refractivity contribution in [3.63, 3.8) is 0 Å². The van der Waals surface area contributed by atoms with Crippen LogP contribution in [0.25, 0.3) is 0 Å².